The molecule has 3 rings (SSSR count). The number of amides is 2. The van der Waals surface area contributed by atoms with Crippen molar-refractivity contribution in [1.82, 2.24) is 9.88 Å². The predicted molar refractivity (Wildman–Crippen MR) is 102 cm³/mol. The Balaban J connectivity index is 1.84. The average Bonchev–Trinajstić information content (AvgIpc) is 2.93. The molecule has 7 nitrogen and oxygen atoms in total. The van der Waals surface area contributed by atoms with E-state index in [2.05, 4.69) is 10.3 Å². The van der Waals surface area contributed by atoms with E-state index >= 15 is 0 Å². The Bertz CT molecular complexity index is 971. The number of hydrogen-bond donors (Lipinski definition) is 1. The minimum absolute atomic E-state index is 0.0241. The highest BCUT2D eigenvalue weighted by atomic mass is 32.2. The number of pyridine rings is 1. The van der Waals surface area contributed by atoms with E-state index in [1.54, 1.807) is 24.4 Å². The number of rotatable bonds is 6. The number of anilines is 1. The van der Waals surface area contributed by atoms with Crippen molar-refractivity contribution in [2.75, 3.05) is 17.3 Å². The number of carbonyl (C=O) groups excluding carboxylic acids is 2. The maximum Gasteiger partial charge on any atom is 0.255 e. The Hall–Kier alpha value is -2.74. The number of nitrogens with zero attached hydrogens (tertiary/aromatic N) is 2. The lowest BCUT2D eigenvalue weighted by molar-refractivity contribution is -0.120. The molecule has 1 aliphatic heterocycles. The van der Waals surface area contributed by atoms with E-state index in [1.165, 1.54) is 4.90 Å². The van der Waals surface area contributed by atoms with Crippen LogP contribution in [0.2, 0.25) is 0 Å². The molecule has 1 aromatic heterocycles. The summed E-state index contributed by atoms with van der Waals surface area (Å²) in [7, 11) is -3.28. The summed E-state index contributed by atoms with van der Waals surface area (Å²) in [5, 5.41) is 2.69. The van der Waals surface area contributed by atoms with Crippen molar-refractivity contribution in [1.29, 1.82) is 0 Å². The van der Waals surface area contributed by atoms with Gasteiger partial charge >= 0.3 is 0 Å². The second-order valence-electron chi connectivity index (χ2n) is 6.73. The molecule has 2 amide bonds. The Labute approximate surface area is 158 Å². The van der Waals surface area contributed by atoms with E-state index in [4.69, 9.17) is 0 Å². The number of hydrogen-bond acceptors (Lipinski definition) is 5. The third-order valence-electron chi connectivity index (χ3n) is 4.45. The summed E-state index contributed by atoms with van der Waals surface area (Å²) in [6.45, 7) is 2.16. The fourth-order valence-corrected chi connectivity index (χ4v) is 3.69. The fourth-order valence-electron chi connectivity index (χ4n) is 3.03. The van der Waals surface area contributed by atoms with Crippen LogP contribution in [0.3, 0.4) is 0 Å². The van der Waals surface area contributed by atoms with Gasteiger partial charge in [0.25, 0.3) is 5.91 Å². The Kier molecular flexibility index (Phi) is 5.27. The maximum absolute atomic E-state index is 12.9. The first-order valence-electron chi connectivity index (χ1n) is 8.55. The van der Waals surface area contributed by atoms with Gasteiger partial charge < -0.3 is 10.2 Å². The van der Waals surface area contributed by atoms with Gasteiger partial charge in [-0.15, -0.1) is 0 Å². The molecule has 1 aromatic carbocycles. The van der Waals surface area contributed by atoms with Crippen molar-refractivity contribution in [3.8, 4) is 0 Å². The lowest BCUT2D eigenvalue weighted by atomic mass is 10.1. The molecule has 0 radical (unpaired) electrons. The van der Waals surface area contributed by atoms with Crippen LogP contribution in [0, 0.1) is 6.92 Å². The van der Waals surface area contributed by atoms with Gasteiger partial charge in [-0.3, -0.25) is 9.59 Å². The van der Waals surface area contributed by atoms with Crippen LogP contribution in [-0.2, 0) is 21.2 Å². The molecule has 0 spiro atoms. The highest BCUT2D eigenvalue weighted by Crippen LogP contribution is 2.26. The van der Waals surface area contributed by atoms with Gasteiger partial charge in [-0.2, -0.15) is 0 Å². The number of nitrogens with one attached hydrogen (secondary N) is 1. The first-order valence-corrected chi connectivity index (χ1v) is 10.6. The fraction of sp³-hybridized carbons (Fsp3) is 0.316. The third kappa shape index (κ3) is 4.51. The number of aromatic nitrogens is 1. The molecule has 2 heterocycles. The number of sulfone groups is 1. The largest absolute Gasteiger partial charge is 0.322 e. The lowest BCUT2D eigenvalue weighted by Gasteiger charge is -2.26. The van der Waals surface area contributed by atoms with Crippen molar-refractivity contribution in [2.24, 2.45) is 0 Å². The van der Waals surface area contributed by atoms with Crippen molar-refractivity contribution >= 4 is 27.5 Å². The van der Waals surface area contributed by atoms with Crippen LogP contribution in [0.1, 0.15) is 27.9 Å². The van der Waals surface area contributed by atoms with Crippen LogP contribution in [-0.4, -0.2) is 48.2 Å². The lowest BCUT2D eigenvalue weighted by Crippen LogP contribution is -2.45. The van der Waals surface area contributed by atoms with Gasteiger partial charge in [0, 0.05) is 24.6 Å². The maximum atomic E-state index is 12.9. The summed E-state index contributed by atoms with van der Waals surface area (Å²) in [6.07, 6.45) is 2.76. The Morgan fingerprint density at radius 2 is 2.00 bits per heavy atom. The first kappa shape index (κ1) is 19.0. The number of benzene rings is 1. The monoisotopic (exact) mass is 387 g/mol. The van der Waals surface area contributed by atoms with E-state index in [-0.39, 0.29) is 24.6 Å². The summed E-state index contributed by atoms with van der Waals surface area (Å²) in [6, 6.07) is 9.72. The van der Waals surface area contributed by atoms with Gasteiger partial charge in [0.05, 0.1) is 5.75 Å². The molecule has 27 heavy (non-hydrogen) atoms. The van der Waals surface area contributed by atoms with Crippen molar-refractivity contribution in [3.63, 3.8) is 0 Å². The minimum Gasteiger partial charge on any atom is -0.322 e. The molecule has 2 aromatic rings. The van der Waals surface area contributed by atoms with E-state index < -0.39 is 21.8 Å². The molecule has 1 atom stereocenters. The Morgan fingerprint density at radius 3 is 2.63 bits per heavy atom. The van der Waals surface area contributed by atoms with Crippen LogP contribution in [0.25, 0.3) is 0 Å². The summed E-state index contributed by atoms with van der Waals surface area (Å²) in [4.78, 5) is 31.2. The summed E-state index contributed by atoms with van der Waals surface area (Å²) in [5.41, 5.74) is 2.32. The van der Waals surface area contributed by atoms with Crippen molar-refractivity contribution in [2.45, 2.75) is 25.9 Å². The second kappa shape index (κ2) is 7.48. The molecular weight excluding hydrogens is 366 g/mol. The van der Waals surface area contributed by atoms with Gasteiger partial charge in [0.15, 0.2) is 0 Å². The summed E-state index contributed by atoms with van der Waals surface area (Å²) >= 11 is 0. The predicted octanol–water partition coefficient (Wildman–Crippen LogP) is 1.79. The number of fused-ring (bicyclic) bond motifs is 1. The van der Waals surface area contributed by atoms with Gasteiger partial charge in [-0.1, -0.05) is 24.3 Å². The quantitative estimate of drug-likeness (QED) is 0.815. The molecule has 142 valence electrons. The molecule has 1 aliphatic rings. The molecule has 1 N–H and O–H groups in total. The van der Waals surface area contributed by atoms with Gasteiger partial charge in [0.1, 0.15) is 21.7 Å². The molecule has 0 bridgehead atoms. The summed E-state index contributed by atoms with van der Waals surface area (Å²) < 4.78 is 23.2. The molecule has 1 unspecified atom stereocenters. The first-order chi connectivity index (χ1) is 12.7. The van der Waals surface area contributed by atoms with Gasteiger partial charge in [0.2, 0.25) is 5.91 Å². The van der Waals surface area contributed by atoms with Crippen LogP contribution >= 0.6 is 0 Å². The summed E-state index contributed by atoms with van der Waals surface area (Å²) in [5.74, 6) is -0.543. The van der Waals surface area contributed by atoms with Crippen LogP contribution in [0.5, 0.6) is 0 Å². The zero-order valence-corrected chi connectivity index (χ0v) is 16.0. The standard InChI is InChI=1S/C19H21N3O4S/c1-13-7-8-17(20-11-13)21-18(23)16(9-10-27(2,25)26)22-12-14-5-3-4-6-15(14)19(22)24/h3-8,11,16H,9-10,12H2,1-2H3,(H,20,21,23). The molecular formula is C19H21N3O4S. The highest BCUT2D eigenvalue weighted by molar-refractivity contribution is 7.90. The third-order valence-corrected chi connectivity index (χ3v) is 5.43. The van der Waals surface area contributed by atoms with Crippen molar-refractivity contribution in [3.05, 3.63) is 59.3 Å². The SMILES string of the molecule is Cc1ccc(NC(=O)C(CCS(C)(=O)=O)N2Cc3ccccc3C2=O)nc1. The normalized spacial score (nSPS) is 14.7. The van der Waals surface area contributed by atoms with Crippen molar-refractivity contribution < 1.29 is 18.0 Å². The van der Waals surface area contributed by atoms with E-state index in [9.17, 15) is 18.0 Å². The number of carbonyl (C=O) groups is 2. The minimum atomic E-state index is -3.28. The van der Waals surface area contributed by atoms with Crippen LogP contribution < -0.4 is 5.32 Å². The molecule has 0 saturated heterocycles. The topological polar surface area (TPSA) is 96.4 Å². The van der Waals surface area contributed by atoms with E-state index in [0.29, 0.717) is 11.4 Å². The van der Waals surface area contributed by atoms with Crippen LogP contribution in [0.4, 0.5) is 5.82 Å². The highest BCUT2D eigenvalue weighted by Gasteiger charge is 2.36. The average molecular weight is 387 g/mol. The van der Waals surface area contributed by atoms with Crippen LogP contribution in [0.15, 0.2) is 42.6 Å². The van der Waals surface area contributed by atoms with Gasteiger partial charge in [-0.05, 0) is 36.6 Å². The van der Waals surface area contributed by atoms with E-state index in [0.717, 1.165) is 17.4 Å². The molecule has 0 aliphatic carbocycles. The molecule has 0 fully saturated rings. The van der Waals surface area contributed by atoms with E-state index in [1.807, 2.05) is 25.1 Å². The zero-order chi connectivity index (χ0) is 19.6. The Morgan fingerprint density at radius 1 is 1.26 bits per heavy atom. The second-order valence-corrected chi connectivity index (χ2v) is 8.99. The van der Waals surface area contributed by atoms with Gasteiger partial charge in [-0.25, -0.2) is 13.4 Å². The molecule has 0 saturated carbocycles. The zero-order valence-electron chi connectivity index (χ0n) is 15.2. The molecule has 8 heteroatoms. The smallest absolute Gasteiger partial charge is 0.255 e. The number of aryl methyl sites for hydroxylation is 1.